The molecule has 2 heteroatoms. The van der Waals surface area contributed by atoms with Crippen molar-refractivity contribution in [2.45, 2.75) is 33.6 Å². The number of aryl methyl sites for hydroxylation is 2. The zero-order valence-electron chi connectivity index (χ0n) is 9.97. The molecule has 16 heavy (non-hydrogen) atoms. The first-order valence-corrected chi connectivity index (χ1v) is 6.12. The first kappa shape index (κ1) is 11.4. The Labute approximate surface area is 101 Å². The summed E-state index contributed by atoms with van der Waals surface area (Å²) in [6.45, 7) is 6.46. The average molecular weight is 234 g/mol. The Morgan fingerprint density at radius 2 is 1.81 bits per heavy atom. The molecule has 1 aromatic heterocycles. The van der Waals surface area contributed by atoms with Gasteiger partial charge in [-0.05, 0) is 49.1 Å². The molecule has 84 valence electrons. The van der Waals surface area contributed by atoms with Crippen LogP contribution in [0.5, 0.6) is 0 Å². The van der Waals surface area contributed by atoms with Crippen molar-refractivity contribution in [3.8, 4) is 0 Å². The maximum atomic E-state index is 6.06. The highest BCUT2D eigenvalue weighted by atomic mass is 35.5. The highest BCUT2D eigenvalue weighted by molar-refractivity contribution is 6.31. The minimum atomic E-state index is 0.787. The number of hydrogen-bond donors (Lipinski definition) is 0. The molecule has 0 bridgehead atoms. The molecule has 0 saturated heterocycles. The molecule has 0 aliphatic rings. The lowest BCUT2D eigenvalue weighted by Gasteiger charge is -2.13. The zero-order valence-corrected chi connectivity index (χ0v) is 10.7. The molecule has 1 aromatic carbocycles. The van der Waals surface area contributed by atoms with Crippen LogP contribution in [0.4, 0.5) is 0 Å². The van der Waals surface area contributed by atoms with E-state index in [9.17, 15) is 0 Å². The number of nitrogens with zero attached hydrogens (tertiary/aromatic N) is 1. The van der Waals surface area contributed by atoms with E-state index in [1.165, 1.54) is 16.5 Å². The smallest absolute Gasteiger partial charge is 0.0709 e. The number of benzene rings is 1. The molecule has 0 aliphatic heterocycles. The Morgan fingerprint density at radius 1 is 1.12 bits per heavy atom. The third-order valence-corrected chi connectivity index (χ3v) is 3.32. The Bertz CT molecular complexity index is 532. The zero-order chi connectivity index (χ0) is 11.7. The highest BCUT2D eigenvalue weighted by Gasteiger charge is 2.09. The Balaban J connectivity index is 2.86. The standard InChI is InChI=1S/C14H16ClN/c1-4-11-9(3)16-14-7-6-10(15)8-13(14)12(11)5-2/h6-8H,4-5H2,1-3H3. The molecule has 0 unspecified atom stereocenters. The van der Waals surface area contributed by atoms with Crippen LogP contribution in [0.25, 0.3) is 10.9 Å². The largest absolute Gasteiger partial charge is 0.253 e. The molecule has 1 heterocycles. The summed E-state index contributed by atoms with van der Waals surface area (Å²) in [4.78, 5) is 4.64. The van der Waals surface area contributed by atoms with E-state index in [0.717, 1.165) is 29.1 Å². The Kier molecular flexibility index (Phi) is 3.15. The molecule has 0 atom stereocenters. The number of rotatable bonds is 2. The summed E-state index contributed by atoms with van der Waals surface area (Å²) in [6.07, 6.45) is 2.06. The number of pyridine rings is 1. The normalized spacial score (nSPS) is 11.0. The van der Waals surface area contributed by atoms with E-state index in [1.807, 2.05) is 18.2 Å². The van der Waals surface area contributed by atoms with E-state index in [2.05, 4.69) is 25.8 Å². The van der Waals surface area contributed by atoms with Crippen molar-refractivity contribution >= 4 is 22.5 Å². The molecule has 0 spiro atoms. The van der Waals surface area contributed by atoms with Crippen LogP contribution in [0.2, 0.25) is 5.02 Å². The predicted octanol–water partition coefficient (Wildman–Crippen LogP) is 4.32. The molecule has 2 aromatic rings. The van der Waals surface area contributed by atoms with Crippen molar-refractivity contribution in [3.05, 3.63) is 40.0 Å². The van der Waals surface area contributed by atoms with Gasteiger partial charge in [-0.3, -0.25) is 4.98 Å². The van der Waals surface area contributed by atoms with E-state index >= 15 is 0 Å². The van der Waals surface area contributed by atoms with Gasteiger partial charge in [-0.25, -0.2) is 0 Å². The van der Waals surface area contributed by atoms with E-state index in [-0.39, 0.29) is 0 Å². The lowest BCUT2D eigenvalue weighted by atomic mass is 9.97. The second-order valence-electron chi connectivity index (χ2n) is 4.02. The maximum Gasteiger partial charge on any atom is 0.0709 e. The van der Waals surface area contributed by atoms with Crippen LogP contribution in [-0.4, -0.2) is 4.98 Å². The average Bonchev–Trinajstić information content (AvgIpc) is 2.28. The molecule has 2 rings (SSSR count). The fourth-order valence-corrected chi connectivity index (χ4v) is 2.52. The van der Waals surface area contributed by atoms with Gasteiger partial charge in [0.05, 0.1) is 5.52 Å². The van der Waals surface area contributed by atoms with E-state index in [4.69, 9.17) is 11.6 Å². The SMILES string of the molecule is CCc1c(C)nc2ccc(Cl)cc2c1CC. The van der Waals surface area contributed by atoms with Crippen LogP contribution in [0.1, 0.15) is 30.7 Å². The van der Waals surface area contributed by atoms with Crippen molar-refractivity contribution in [1.82, 2.24) is 4.98 Å². The summed E-state index contributed by atoms with van der Waals surface area (Å²) in [5.74, 6) is 0. The van der Waals surface area contributed by atoms with Crippen molar-refractivity contribution in [3.63, 3.8) is 0 Å². The molecule has 0 radical (unpaired) electrons. The van der Waals surface area contributed by atoms with E-state index < -0.39 is 0 Å². The van der Waals surface area contributed by atoms with Crippen molar-refractivity contribution in [2.75, 3.05) is 0 Å². The van der Waals surface area contributed by atoms with E-state index in [1.54, 1.807) is 0 Å². The van der Waals surface area contributed by atoms with Gasteiger partial charge in [-0.15, -0.1) is 0 Å². The minimum Gasteiger partial charge on any atom is -0.253 e. The van der Waals surface area contributed by atoms with Crippen molar-refractivity contribution < 1.29 is 0 Å². The highest BCUT2D eigenvalue weighted by Crippen LogP contribution is 2.26. The van der Waals surface area contributed by atoms with Gasteiger partial charge in [-0.1, -0.05) is 25.4 Å². The summed E-state index contributed by atoms with van der Waals surface area (Å²) < 4.78 is 0. The summed E-state index contributed by atoms with van der Waals surface area (Å²) in [6, 6.07) is 5.94. The summed E-state index contributed by atoms with van der Waals surface area (Å²) in [7, 11) is 0. The lowest BCUT2D eigenvalue weighted by Crippen LogP contribution is -1.99. The van der Waals surface area contributed by atoms with Crippen LogP contribution in [0, 0.1) is 6.92 Å². The molecule has 0 aliphatic carbocycles. The van der Waals surface area contributed by atoms with Crippen molar-refractivity contribution in [1.29, 1.82) is 0 Å². The van der Waals surface area contributed by atoms with Gasteiger partial charge in [0.2, 0.25) is 0 Å². The van der Waals surface area contributed by atoms with Crippen LogP contribution < -0.4 is 0 Å². The third-order valence-electron chi connectivity index (χ3n) is 3.08. The fraction of sp³-hybridized carbons (Fsp3) is 0.357. The van der Waals surface area contributed by atoms with Gasteiger partial charge in [0.25, 0.3) is 0 Å². The van der Waals surface area contributed by atoms with Crippen LogP contribution in [0.15, 0.2) is 18.2 Å². The van der Waals surface area contributed by atoms with Gasteiger partial charge < -0.3 is 0 Å². The van der Waals surface area contributed by atoms with Gasteiger partial charge in [0, 0.05) is 16.1 Å². The monoisotopic (exact) mass is 233 g/mol. The number of hydrogen-bond acceptors (Lipinski definition) is 1. The number of halogens is 1. The number of aromatic nitrogens is 1. The molecular formula is C14H16ClN. The van der Waals surface area contributed by atoms with Gasteiger partial charge in [0.15, 0.2) is 0 Å². The molecule has 0 N–H and O–H groups in total. The first-order valence-electron chi connectivity index (χ1n) is 5.75. The summed E-state index contributed by atoms with van der Waals surface area (Å²) >= 11 is 6.06. The van der Waals surface area contributed by atoms with Crippen molar-refractivity contribution in [2.24, 2.45) is 0 Å². The summed E-state index contributed by atoms with van der Waals surface area (Å²) in [5.41, 5.74) is 4.97. The molecular weight excluding hydrogens is 218 g/mol. The minimum absolute atomic E-state index is 0.787. The van der Waals surface area contributed by atoms with Crippen LogP contribution in [0.3, 0.4) is 0 Å². The quantitative estimate of drug-likeness (QED) is 0.753. The molecule has 1 nitrogen and oxygen atoms in total. The summed E-state index contributed by atoms with van der Waals surface area (Å²) in [5, 5.41) is 1.99. The van der Waals surface area contributed by atoms with Gasteiger partial charge in [-0.2, -0.15) is 0 Å². The van der Waals surface area contributed by atoms with Crippen LogP contribution >= 0.6 is 11.6 Å². The predicted molar refractivity (Wildman–Crippen MR) is 70.2 cm³/mol. The fourth-order valence-electron chi connectivity index (χ4n) is 2.35. The Hall–Kier alpha value is -1.08. The molecule has 0 fully saturated rings. The second kappa shape index (κ2) is 4.42. The third kappa shape index (κ3) is 1.80. The maximum absolute atomic E-state index is 6.06. The Morgan fingerprint density at radius 3 is 2.44 bits per heavy atom. The van der Waals surface area contributed by atoms with Gasteiger partial charge in [0.1, 0.15) is 0 Å². The first-order chi connectivity index (χ1) is 7.67. The number of fused-ring (bicyclic) bond motifs is 1. The molecule has 0 amide bonds. The topological polar surface area (TPSA) is 12.9 Å². The second-order valence-corrected chi connectivity index (χ2v) is 4.46. The van der Waals surface area contributed by atoms with Crippen LogP contribution in [-0.2, 0) is 12.8 Å². The van der Waals surface area contributed by atoms with E-state index in [0.29, 0.717) is 0 Å². The molecule has 0 saturated carbocycles. The van der Waals surface area contributed by atoms with Gasteiger partial charge >= 0.3 is 0 Å². The lowest BCUT2D eigenvalue weighted by molar-refractivity contribution is 1.00.